The zero-order valence-electron chi connectivity index (χ0n) is 12.3. The van der Waals surface area contributed by atoms with E-state index in [1.54, 1.807) is 0 Å². The summed E-state index contributed by atoms with van der Waals surface area (Å²) in [4.78, 5) is 2.68. The molecule has 1 aliphatic rings. The lowest BCUT2D eigenvalue weighted by atomic mass is 9.92. The van der Waals surface area contributed by atoms with Gasteiger partial charge in [0, 0.05) is 19.1 Å². The largest absolute Gasteiger partial charge is 0.315 e. The molecule has 3 unspecified atom stereocenters. The van der Waals surface area contributed by atoms with E-state index in [-0.39, 0.29) is 0 Å². The monoisotopic (exact) mass is 240 g/mol. The van der Waals surface area contributed by atoms with Crippen molar-refractivity contribution in [2.75, 3.05) is 26.2 Å². The minimum Gasteiger partial charge on any atom is -0.315 e. The van der Waals surface area contributed by atoms with Crippen molar-refractivity contribution in [2.24, 2.45) is 11.8 Å². The number of likely N-dealkylation sites (tertiary alicyclic amines) is 1. The fourth-order valence-electron chi connectivity index (χ4n) is 3.21. The van der Waals surface area contributed by atoms with Crippen LogP contribution in [0.15, 0.2) is 0 Å². The second kappa shape index (κ2) is 8.10. The Labute approximate surface area is 108 Å². The SMILES string of the molecule is CCNC(C)CCCCN1CC(C)CC(C)C1. The molecule has 2 nitrogen and oxygen atoms in total. The van der Waals surface area contributed by atoms with Gasteiger partial charge in [0.2, 0.25) is 0 Å². The molecule has 1 heterocycles. The van der Waals surface area contributed by atoms with E-state index in [1.807, 2.05) is 0 Å². The average Bonchev–Trinajstić information content (AvgIpc) is 2.23. The predicted octanol–water partition coefficient (Wildman–Crippen LogP) is 3.13. The molecular weight excluding hydrogens is 208 g/mol. The van der Waals surface area contributed by atoms with Crippen molar-refractivity contribution >= 4 is 0 Å². The molecule has 0 aromatic rings. The number of hydrogen-bond acceptors (Lipinski definition) is 2. The average molecular weight is 240 g/mol. The fraction of sp³-hybridized carbons (Fsp3) is 1.00. The number of rotatable bonds is 7. The molecule has 3 atom stereocenters. The Hall–Kier alpha value is -0.0800. The Morgan fingerprint density at radius 1 is 1.18 bits per heavy atom. The maximum atomic E-state index is 3.48. The van der Waals surface area contributed by atoms with E-state index in [2.05, 4.69) is 37.9 Å². The van der Waals surface area contributed by atoms with Gasteiger partial charge in [-0.05, 0) is 51.1 Å². The van der Waals surface area contributed by atoms with Crippen molar-refractivity contribution < 1.29 is 0 Å². The molecule has 2 heteroatoms. The highest BCUT2D eigenvalue weighted by Gasteiger charge is 2.20. The van der Waals surface area contributed by atoms with Gasteiger partial charge in [0.15, 0.2) is 0 Å². The van der Waals surface area contributed by atoms with Gasteiger partial charge in [-0.1, -0.05) is 27.2 Å². The summed E-state index contributed by atoms with van der Waals surface area (Å²) < 4.78 is 0. The van der Waals surface area contributed by atoms with Gasteiger partial charge in [0.1, 0.15) is 0 Å². The molecule has 0 saturated carbocycles. The first-order valence-electron chi connectivity index (χ1n) is 7.57. The zero-order valence-corrected chi connectivity index (χ0v) is 12.3. The molecule has 1 rings (SSSR count). The highest BCUT2D eigenvalue weighted by atomic mass is 15.1. The molecule has 1 fully saturated rings. The van der Waals surface area contributed by atoms with E-state index in [1.165, 1.54) is 45.3 Å². The van der Waals surface area contributed by atoms with Crippen LogP contribution in [0.2, 0.25) is 0 Å². The summed E-state index contributed by atoms with van der Waals surface area (Å²) in [7, 11) is 0. The van der Waals surface area contributed by atoms with E-state index < -0.39 is 0 Å². The lowest BCUT2D eigenvalue weighted by Gasteiger charge is -2.35. The summed E-state index contributed by atoms with van der Waals surface area (Å²) in [5.74, 6) is 1.80. The van der Waals surface area contributed by atoms with Crippen LogP contribution < -0.4 is 5.32 Å². The van der Waals surface area contributed by atoms with Crippen molar-refractivity contribution in [3.63, 3.8) is 0 Å². The molecule has 0 radical (unpaired) electrons. The zero-order chi connectivity index (χ0) is 12.7. The third-order valence-electron chi connectivity index (χ3n) is 3.86. The van der Waals surface area contributed by atoms with E-state index >= 15 is 0 Å². The molecule has 102 valence electrons. The molecule has 0 aromatic heterocycles. The normalized spacial score (nSPS) is 28.2. The molecule has 0 amide bonds. The molecule has 0 spiro atoms. The van der Waals surface area contributed by atoms with Crippen molar-refractivity contribution in [1.82, 2.24) is 10.2 Å². The second-order valence-corrected chi connectivity index (χ2v) is 6.16. The van der Waals surface area contributed by atoms with Crippen LogP contribution in [0.4, 0.5) is 0 Å². The molecule has 1 saturated heterocycles. The van der Waals surface area contributed by atoms with Crippen LogP contribution >= 0.6 is 0 Å². The summed E-state index contributed by atoms with van der Waals surface area (Å²) in [6.07, 6.45) is 5.49. The maximum Gasteiger partial charge on any atom is 0.00386 e. The molecule has 0 aromatic carbocycles. The third kappa shape index (κ3) is 6.42. The Morgan fingerprint density at radius 2 is 1.82 bits per heavy atom. The van der Waals surface area contributed by atoms with E-state index in [0.717, 1.165) is 18.4 Å². The summed E-state index contributed by atoms with van der Waals surface area (Å²) in [5.41, 5.74) is 0. The lowest BCUT2D eigenvalue weighted by molar-refractivity contribution is 0.138. The highest BCUT2D eigenvalue weighted by Crippen LogP contribution is 2.21. The molecular formula is C15H32N2. The van der Waals surface area contributed by atoms with Crippen molar-refractivity contribution in [2.45, 2.75) is 59.4 Å². The van der Waals surface area contributed by atoms with Crippen LogP contribution in [0, 0.1) is 11.8 Å². The van der Waals surface area contributed by atoms with Crippen molar-refractivity contribution in [3.05, 3.63) is 0 Å². The maximum absolute atomic E-state index is 3.48. The van der Waals surface area contributed by atoms with Gasteiger partial charge in [-0.2, -0.15) is 0 Å². The number of hydrogen-bond donors (Lipinski definition) is 1. The van der Waals surface area contributed by atoms with Gasteiger partial charge in [0.25, 0.3) is 0 Å². The molecule has 1 aliphatic heterocycles. The minimum atomic E-state index is 0.694. The van der Waals surface area contributed by atoms with Crippen molar-refractivity contribution in [1.29, 1.82) is 0 Å². The lowest BCUT2D eigenvalue weighted by Crippen LogP contribution is -2.39. The number of piperidine rings is 1. The molecule has 0 aliphatic carbocycles. The smallest absolute Gasteiger partial charge is 0.00386 e. The Morgan fingerprint density at radius 3 is 2.41 bits per heavy atom. The van der Waals surface area contributed by atoms with Crippen molar-refractivity contribution in [3.8, 4) is 0 Å². The second-order valence-electron chi connectivity index (χ2n) is 6.16. The Balaban J connectivity index is 2.06. The standard InChI is InChI=1S/C15H32N2/c1-5-16-15(4)8-6-7-9-17-11-13(2)10-14(3)12-17/h13-16H,5-12H2,1-4H3. The van der Waals surface area contributed by atoms with Gasteiger partial charge in [-0.15, -0.1) is 0 Å². The highest BCUT2D eigenvalue weighted by molar-refractivity contribution is 4.74. The number of nitrogens with one attached hydrogen (secondary N) is 1. The summed E-state index contributed by atoms with van der Waals surface area (Å²) in [5, 5.41) is 3.48. The van der Waals surface area contributed by atoms with Gasteiger partial charge in [-0.25, -0.2) is 0 Å². The van der Waals surface area contributed by atoms with E-state index in [9.17, 15) is 0 Å². The van der Waals surface area contributed by atoms with Gasteiger partial charge in [0.05, 0.1) is 0 Å². The Bertz CT molecular complexity index is 183. The quantitative estimate of drug-likeness (QED) is 0.688. The van der Waals surface area contributed by atoms with Crippen LogP contribution in [-0.4, -0.2) is 37.1 Å². The van der Waals surface area contributed by atoms with Crippen LogP contribution in [0.5, 0.6) is 0 Å². The summed E-state index contributed by atoms with van der Waals surface area (Å²) >= 11 is 0. The third-order valence-corrected chi connectivity index (χ3v) is 3.86. The molecule has 17 heavy (non-hydrogen) atoms. The van der Waals surface area contributed by atoms with E-state index in [4.69, 9.17) is 0 Å². The van der Waals surface area contributed by atoms with Crippen LogP contribution in [0.3, 0.4) is 0 Å². The topological polar surface area (TPSA) is 15.3 Å². The Kier molecular flexibility index (Phi) is 7.14. The fourth-order valence-corrected chi connectivity index (χ4v) is 3.21. The number of unbranched alkanes of at least 4 members (excludes halogenated alkanes) is 1. The van der Waals surface area contributed by atoms with Gasteiger partial charge < -0.3 is 10.2 Å². The first kappa shape index (κ1) is 15.0. The van der Waals surface area contributed by atoms with Crippen LogP contribution in [0.25, 0.3) is 0 Å². The minimum absolute atomic E-state index is 0.694. The van der Waals surface area contributed by atoms with Crippen LogP contribution in [0.1, 0.15) is 53.4 Å². The van der Waals surface area contributed by atoms with Gasteiger partial charge >= 0.3 is 0 Å². The van der Waals surface area contributed by atoms with Gasteiger partial charge in [-0.3, -0.25) is 0 Å². The first-order chi connectivity index (χ1) is 8.11. The summed E-state index contributed by atoms with van der Waals surface area (Å²) in [6, 6.07) is 0.694. The predicted molar refractivity (Wildman–Crippen MR) is 76.4 cm³/mol. The molecule has 0 bridgehead atoms. The van der Waals surface area contributed by atoms with E-state index in [0.29, 0.717) is 6.04 Å². The van der Waals surface area contributed by atoms with Crippen LogP contribution in [-0.2, 0) is 0 Å². The number of nitrogens with zero attached hydrogens (tertiary/aromatic N) is 1. The first-order valence-corrected chi connectivity index (χ1v) is 7.57. The molecule has 1 N–H and O–H groups in total. The summed E-state index contributed by atoms with van der Waals surface area (Å²) in [6.45, 7) is 14.4.